The van der Waals surface area contributed by atoms with Crippen molar-refractivity contribution in [2.24, 2.45) is 0 Å². The first kappa shape index (κ1) is 16.3. The van der Waals surface area contributed by atoms with E-state index in [1.165, 1.54) is 43.7 Å². The number of hydrazine groups is 1. The van der Waals surface area contributed by atoms with E-state index in [1.54, 1.807) is 13.0 Å². The number of methoxy groups -OCH3 is 1. The molecule has 0 spiro atoms. The molecule has 0 radical (unpaired) electrons. The number of carbonyl (C=O) groups is 2. The molecule has 120 valence electrons. The van der Waals surface area contributed by atoms with Crippen molar-refractivity contribution in [2.45, 2.75) is 6.92 Å². The average Bonchev–Trinajstić information content (AvgIpc) is 2.97. The average molecular weight is 318 g/mol. The van der Waals surface area contributed by atoms with E-state index in [2.05, 4.69) is 10.9 Å². The monoisotopic (exact) mass is 318 g/mol. The molecule has 0 aliphatic carbocycles. The summed E-state index contributed by atoms with van der Waals surface area (Å²) in [6, 6.07) is 5.78. The Morgan fingerprint density at radius 3 is 2.65 bits per heavy atom. The van der Waals surface area contributed by atoms with E-state index >= 15 is 0 Å². The van der Waals surface area contributed by atoms with Gasteiger partial charge in [-0.3, -0.25) is 20.4 Å². The Morgan fingerprint density at radius 2 is 2.04 bits per heavy atom. The second kappa shape index (κ2) is 7.26. The molecule has 0 aliphatic heterocycles. The molecule has 6 nitrogen and oxygen atoms in total. The molecule has 2 N–H and O–H groups in total. The molecule has 1 heterocycles. The summed E-state index contributed by atoms with van der Waals surface area (Å²) in [4.78, 5) is 23.4. The maximum Gasteiger partial charge on any atom is 0.273 e. The number of benzene rings is 1. The van der Waals surface area contributed by atoms with Gasteiger partial charge in [0.05, 0.1) is 18.9 Å². The predicted molar refractivity (Wildman–Crippen MR) is 81.0 cm³/mol. The number of carbonyl (C=O) groups excluding carboxylic acids is 2. The Labute approximate surface area is 131 Å². The van der Waals surface area contributed by atoms with Crippen molar-refractivity contribution in [3.05, 3.63) is 59.3 Å². The molecule has 0 saturated heterocycles. The standard InChI is InChI=1S/C16H15FN2O4/c1-10-12(7-8-23-10)16(21)19-18-15(20)6-4-11-3-5-14(22-2)13(17)9-11/h3-9H,1-2H3,(H,18,20)(H,19,21)/b6-4+. The van der Waals surface area contributed by atoms with E-state index in [0.29, 0.717) is 16.9 Å². The molecule has 2 amide bonds. The Bertz CT molecular complexity index is 752. The van der Waals surface area contributed by atoms with Crippen LogP contribution in [-0.4, -0.2) is 18.9 Å². The number of furan rings is 1. The molecule has 1 aromatic heterocycles. The van der Waals surface area contributed by atoms with E-state index in [9.17, 15) is 14.0 Å². The van der Waals surface area contributed by atoms with Gasteiger partial charge < -0.3 is 9.15 Å². The molecule has 1 aromatic carbocycles. The highest BCUT2D eigenvalue weighted by Gasteiger charge is 2.11. The number of hydrogen-bond acceptors (Lipinski definition) is 4. The van der Waals surface area contributed by atoms with Crippen LogP contribution < -0.4 is 15.6 Å². The number of hydrogen-bond donors (Lipinski definition) is 2. The fourth-order valence-electron chi connectivity index (χ4n) is 1.81. The fraction of sp³-hybridized carbons (Fsp3) is 0.125. The zero-order valence-electron chi connectivity index (χ0n) is 12.6. The smallest absolute Gasteiger partial charge is 0.273 e. The van der Waals surface area contributed by atoms with Crippen molar-refractivity contribution in [1.29, 1.82) is 0 Å². The highest BCUT2D eigenvalue weighted by Crippen LogP contribution is 2.18. The van der Waals surface area contributed by atoms with E-state index in [-0.39, 0.29) is 5.75 Å². The Morgan fingerprint density at radius 1 is 1.26 bits per heavy atom. The minimum atomic E-state index is -0.560. The molecule has 0 saturated carbocycles. The molecule has 7 heteroatoms. The van der Waals surface area contributed by atoms with Crippen LogP contribution in [0.2, 0.25) is 0 Å². The van der Waals surface area contributed by atoms with E-state index < -0.39 is 17.6 Å². The highest BCUT2D eigenvalue weighted by atomic mass is 19.1. The van der Waals surface area contributed by atoms with Gasteiger partial charge in [0, 0.05) is 6.08 Å². The lowest BCUT2D eigenvalue weighted by Crippen LogP contribution is -2.40. The van der Waals surface area contributed by atoms with Gasteiger partial charge in [-0.2, -0.15) is 0 Å². The van der Waals surface area contributed by atoms with Crippen molar-refractivity contribution in [3.8, 4) is 5.75 Å². The third-order valence-corrected chi connectivity index (χ3v) is 3.01. The van der Waals surface area contributed by atoms with Crippen molar-refractivity contribution < 1.29 is 23.1 Å². The van der Waals surface area contributed by atoms with Crippen LogP contribution in [0.3, 0.4) is 0 Å². The van der Waals surface area contributed by atoms with Gasteiger partial charge in [-0.1, -0.05) is 6.07 Å². The SMILES string of the molecule is COc1ccc(/C=C/C(=O)NNC(=O)c2ccoc2C)cc1F. The lowest BCUT2D eigenvalue weighted by molar-refractivity contribution is -0.117. The lowest BCUT2D eigenvalue weighted by Gasteiger charge is -2.04. The van der Waals surface area contributed by atoms with Crippen LogP contribution in [0.4, 0.5) is 4.39 Å². The summed E-state index contributed by atoms with van der Waals surface area (Å²) in [6.45, 7) is 1.63. The summed E-state index contributed by atoms with van der Waals surface area (Å²) >= 11 is 0. The van der Waals surface area contributed by atoms with Crippen LogP contribution in [0.5, 0.6) is 5.75 Å². The van der Waals surface area contributed by atoms with Gasteiger partial charge in [0.15, 0.2) is 11.6 Å². The Kier molecular flexibility index (Phi) is 5.14. The minimum absolute atomic E-state index is 0.120. The van der Waals surface area contributed by atoms with Crippen LogP contribution in [-0.2, 0) is 4.79 Å². The van der Waals surface area contributed by atoms with Crippen LogP contribution in [0.25, 0.3) is 6.08 Å². The Balaban J connectivity index is 1.90. The third-order valence-electron chi connectivity index (χ3n) is 3.01. The molecule has 0 atom stereocenters. The molecular weight excluding hydrogens is 303 g/mol. The lowest BCUT2D eigenvalue weighted by atomic mass is 10.2. The van der Waals surface area contributed by atoms with Gasteiger partial charge in [0.2, 0.25) is 0 Å². The van der Waals surface area contributed by atoms with Crippen molar-refractivity contribution in [1.82, 2.24) is 10.9 Å². The molecule has 0 bridgehead atoms. The molecular formula is C16H15FN2O4. The molecule has 0 fully saturated rings. The summed E-state index contributed by atoms with van der Waals surface area (Å²) in [5.74, 6) is -1.02. The first-order valence-electron chi connectivity index (χ1n) is 6.67. The highest BCUT2D eigenvalue weighted by molar-refractivity contribution is 5.98. The molecule has 23 heavy (non-hydrogen) atoms. The number of nitrogens with one attached hydrogen (secondary N) is 2. The predicted octanol–water partition coefficient (Wildman–Crippen LogP) is 2.21. The topological polar surface area (TPSA) is 80.6 Å². The van der Waals surface area contributed by atoms with Crippen LogP contribution >= 0.6 is 0 Å². The number of rotatable bonds is 4. The third kappa shape index (κ3) is 4.19. The van der Waals surface area contributed by atoms with Crippen molar-refractivity contribution in [2.75, 3.05) is 7.11 Å². The van der Waals surface area contributed by atoms with Gasteiger partial charge in [0.25, 0.3) is 11.8 Å². The quantitative estimate of drug-likeness (QED) is 0.669. The fourth-order valence-corrected chi connectivity index (χ4v) is 1.81. The summed E-state index contributed by atoms with van der Waals surface area (Å²) in [6.07, 6.45) is 3.96. The second-order valence-electron chi connectivity index (χ2n) is 4.56. The van der Waals surface area contributed by atoms with Gasteiger partial charge >= 0.3 is 0 Å². The van der Waals surface area contributed by atoms with E-state index in [4.69, 9.17) is 9.15 Å². The van der Waals surface area contributed by atoms with Crippen LogP contribution in [0.15, 0.2) is 41.0 Å². The Hall–Kier alpha value is -3.09. The maximum atomic E-state index is 13.5. The number of aryl methyl sites for hydroxylation is 1. The maximum absolute atomic E-state index is 13.5. The van der Waals surface area contributed by atoms with E-state index in [1.807, 2.05) is 0 Å². The molecule has 0 unspecified atom stereocenters. The number of ether oxygens (including phenoxy) is 1. The second-order valence-corrected chi connectivity index (χ2v) is 4.56. The minimum Gasteiger partial charge on any atom is -0.494 e. The summed E-state index contributed by atoms with van der Waals surface area (Å²) in [7, 11) is 1.37. The largest absolute Gasteiger partial charge is 0.494 e. The van der Waals surface area contributed by atoms with E-state index in [0.717, 1.165) is 0 Å². The van der Waals surface area contributed by atoms with Crippen molar-refractivity contribution >= 4 is 17.9 Å². The molecule has 0 aliphatic rings. The molecule has 2 rings (SSSR count). The van der Waals surface area contributed by atoms with Gasteiger partial charge in [-0.15, -0.1) is 0 Å². The number of amides is 2. The normalized spacial score (nSPS) is 10.6. The zero-order valence-corrected chi connectivity index (χ0v) is 12.6. The van der Waals surface area contributed by atoms with Gasteiger partial charge in [-0.25, -0.2) is 4.39 Å². The summed E-state index contributed by atoms with van der Waals surface area (Å²) in [5.41, 5.74) is 5.28. The van der Waals surface area contributed by atoms with Crippen molar-refractivity contribution in [3.63, 3.8) is 0 Å². The molecule has 2 aromatic rings. The first-order valence-corrected chi connectivity index (χ1v) is 6.67. The summed E-state index contributed by atoms with van der Waals surface area (Å²) < 4.78 is 23.3. The van der Waals surface area contributed by atoms with Gasteiger partial charge in [0.1, 0.15) is 5.76 Å². The van der Waals surface area contributed by atoms with Crippen LogP contribution in [0.1, 0.15) is 21.7 Å². The first-order chi connectivity index (χ1) is 11.0. The zero-order chi connectivity index (χ0) is 16.8. The summed E-state index contributed by atoms with van der Waals surface area (Å²) in [5, 5.41) is 0. The van der Waals surface area contributed by atoms with Gasteiger partial charge in [-0.05, 0) is 36.8 Å². The number of halogens is 1. The van der Waals surface area contributed by atoms with Crippen LogP contribution in [0, 0.1) is 12.7 Å².